The van der Waals surface area contributed by atoms with E-state index in [0.29, 0.717) is 18.8 Å². The summed E-state index contributed by atoms with van der Waals surface area (Å²) < 4.78 is 7.71. The number of aryl methyl sites for hydroxylation is 1. The number of amides is 1. The molecule has 132 valence electrons. The summed E-state index contributed by atoms with van der Waals surface area (Å²) >= 11 is 0. The zero-order chi connectivity index (χ0) is 17.2. The van der Waals surface area contributed by atoms with E-state index in [1.54, 1.807) is 18.1 Å². The van der Waals surface area contributed by atoms with Gasteiger partial charge in [0, 0.05) is 39.3 Å². The van der Waals surface area contributed by atoms with Crippen LogP contribution in [0.5, 0.6) is 5.75 Å². The van der Waals surface area contributed by atoms with Gasteiger partial charge in [-0.25, -0.2) is 9.67 Å². The molecular formula is C17H22N6O2. The number of ether oxygens (including phenoxy) is 1. The van der Waals surface area contributed by atoms with E-state index < -0.39 is 0 Å². The molecule has 0 aliphatic carbocycles. The van der Waals surface area contributed by atoms with E-state index in [-0.39, 0.29) is 12.0 Å². The normalized spacial score (nSPS) is 20.3. The van der Waals surface area contributed by atoms with Crippen LogP contribution in [0.3, 0.4) is 0 Å². The highest BCUT2D eigenvalue weighted by Crippen LogP contribution is 2.30. The number of nitrogens with zero attached hydrogens (tertiary/aromatic N) is 6. The average molecular weight is 342 g/mol. The molecule has 4 heterocycles. The fraction of sp³-hybridized carbons (Fsp3) is 0.529. The topological polar surface area (TPSA) is 76.4 Å². The first-order valence-electron chi connectivity index (χ1n) is 8.73. The zero-order valence-corrected chi connectivity index (χ0v) is 14.3. The van der Waals surface area contributed by atoms with Crippen molar-refractivity contribution in [3.05, 3.63) is 30.2 Å². The molecule has 4 rings (SSSR count). The molecule has 2 fully saturated rings. The van der Waals surface area contributed by atoms with Gasteiger partial charge in [0.2, 0.25) is 0 Å². The van der Waals surface area contributed by atoms with Crippen molar-refractivity contribution in [1.82, 2.24) is 24.9 Å². The van der Waals surface area contributed by atoms with Crippen LogP contribution < -0.4 is 9.64 Å². The predicted molar refractivity (Wildman–Crippen MR) is 91.6 cm³/mol. The van der Waals surface area contributed by atoms with Crippen LogP contribution in [0, 0.1) is 0 Å². The number of aromatic nitrogens is 4. The number of hydrogen-bond acceptors (Lipinski definition) is 6. The summed E-state index contributed by atoms with van der Waals surface area (Å²) in [4.78, 5) is 21.1. The smallest absolute Gasteiger partial charge is 0.273 e. The maximum absolute atomic E-state index is 12.6. The van der Waals surface area contributed by atoms with Crippen molar-refractivity contribution in [2.45, 2.75) is 25.4 Å². The molecule has 0 aromatic carbocycles. The molecule has 0 spiro atoms. The fourth-order valence-electron chi connectivity index (χ4n) is 3.47. The Morgan fingerprint density at radius 3 is 2.88 bits per heavy atom. The molecule has 2 aromatic rings. The van der Waals surface area contributed by atoms with Crippen LogP contribution in [0.25, 0.3) is 0 Å². The second kappa shape index (κ2) is 6.70. The van der Waals surface area contributed by atoms with Crippen molar-refractivity contribution in [2.75, 3.05) is 31.1 Å². The van der Waals surface area contributed by atoms with Gasteiger partial charge in [-0.05, 0) is 25.0 Å². The van der Waals surface area contributed by atoms with Gasteiger partial charge in [-0.3, -0.25) is 4.79 Å². The number of pyridine rings is 1. The van der Waals surface area contributed by atoms with Crippen LogP contribution in [0.1, 0.15) is 29.8 Å². The first-order chi connectivity index (χ1) is 12.2. The molecule has 0 N–H and O–H groups in total. The summed E-state index contributed by atoms with van der Waals surface area (Å²) in [6, 6.07) is 3.87. The third-order valence-electron chi connectivity index (χ3n) is 4.82. The van der Waals surface area contributed by atoms with Crippen LogP contribution in [-0.2, 0) is 7.05 Å². The van der Waals surface area contributed by atoms with Gasteiger partial charge < -0.3 is 14.5 Å². The molecule has 1 amide bonds. The van der Waals surface area contributed by atoms with Gasteiger partial charge >= 0.3 is 0 Å². The van der Waals surface area contributed by atoms with Crippen LogP contribution >= 0.6 is 0 Å². The standard InChI is InChI=1S/C17H22N6O2/c1-21-14(11-19-20-21)17(24)23-10-6-13(12-23)25-15-5-4-7-18-16(15)22-8-2-3-9-22/h4-5,7,11,13H,2-3,6,8-10,12H2,1H3/t13-/m1/s1. The monoisotopic (exact) mass is 342 g/mol. The first kappa shape index (κ1) is 15.9. The maximum Gasteiger partial charge on any atom is 0.273 e. The van der Waals surface area contributed by atoms with E-state index in [4.69, 9.17) is 4.74 Å². The average Bonchev–Trinajstić information content (AvgIpc) is 3.36. The summed E-state index contributed by atoms with van der Waals surface area (Å²) in [5, 5.41) is 7.60. The number of likely N-dealkylation sites (tertiary alicyclic amines) is 1. The molecular weight excluding hydrogens is 320 g/mol. The van der Waals surface area contributed by atoms with Crippen LogP contribution in [0.15, 0.2) is 24.5 Å². The van der Waals surface area contributed by atoms with Crippen molar-refractivity contribution in [2.24, 2.45) is 7.05 Å². The lowest BCUT2D eigenvalue weighted by molar-refractivity contribution is 0.0761. The second-order valence-corrected chi connectivity index (χ2v) is 6.54. The van der Waals surface area contributed by atoms with Gasteiger partial charge in [-0.1, -0.05) is 5.21 Å². The third-order valence-corrected chi connectivity index (χ3v) is 4.82. The van der Waals surface area contributed by atoms with Crippen molar-refractivity contribution in [3.8, 4) is 5.75 Å². The van der Waals surface area contributed by atoms with E-state index in [0.717, 1.165) is 31.1 Å². The van der Waals surface area contributed by atoms with Crippen molar-refractivity contribution < 1.29 is 9.53 Å². The Bertz CT molecular complexity index is 755. The Morgan fingerprint density at radius 1 is 1.28 bits per heavy atom. The quantitative estimate of drug-likeness (QED) is 0.828. The zero-order valence-electron chi connectivity index (χ0n) is 14.3. The molecule has 0 saturated carbocycles. The molecule has 2 aromatic heterocycles. The van der Waals surface area contributed by atoms with Crippen LogP contribution in [0.2, 0.25) is 0 Å². The van der Waals surface area contributed by atoms with E-state index >= 15 is 0 Å². The van der Waals surface area contributed by atoms with Crippen molar-refractivity contribution in [3.63, 3.8) is 0 Å². The minimum absolute atomic E-state index is 0.0179. The van der Waals surface area contributed by atoms with Gasteiger partial charge in [0.1, 0.15) is 11.8 Å². The lowest BCUT2D eigenvalue weighted by Gasteiger charge is -2.22. The minimum atomic E-state index is -0.0513. The minimum Gasteiger partial charge on any atom is -0.485 e. The predicted octanol–water partition coefficient (Wildman–Crippen LogP) is 1.10. The molecule has 25 heavy (non-hydrogen) atoms. The van der Waals surface area contributed by atoms with Crippen molar-refractivity contribution in [1.29, 1.82) is 0 Å². The Kier molecular flexibility index (Phi) is 4.25. The number of carbonyl (C=O) groups excluding carboxylic acids is 1. The number of hydrogen-bond donors (Lipinski definition) is 0. The van der Waals surface area contributed by atoms with Gasteiger partial charge in [0.05, 0.1) is 12.7 Å². The lowest BCUT2D eigenvalue weighted by atomic mass is 10.3. The van der Waals surface area contributed by atoms with Gasteiger partial charge in [-0.15, -0.1) is 5.10 Å². The lowest BCUT2D eigenvalue weighted by Crippen LogP contribution is -2.32. The molecule has 0 bridgehead atoms. The highest BCUT2D eigenvalue weighted by Gasteiger charge is 2.30. The van der Waals surface area contributed by atoms with Crippen LogP contribution in [0.4, 0.5) is 5.82 Å². The second-order valence-electron chi connectivity index (χ2n) is 6.54. The molecule has 2 aliphatic heterocycles. The molecule has 2 aliphatic rings. The summed E-state index contributed by atoms with van der Waals surface area (Å²) in [5.74, 6) is 1.68. The largest absolute Gasteiger partial charge is 0.485 e. The van der Waals surface area contributed by atoms with Gasteiger partial charge in [0.15, 0.2) is 11.6 Å². The van der Waals surface area contributed by atoms with E-state index in [1.807, 2.05) is 12.1 Å². The number of rotatable bonds is 4. The van der Waals surface area contributed by atoms with Gasteiger partial charge in [-0.2, -0.15) is 0 Å². The molecule has 0 radical (unpaired) electrons. The number of carbonyl (C=O) groups is 1. The highest BCUT2D eigenvalue weighted by molar-refractivity contribution is 5.92. The Labute approximate surface area is 146 Å². The van der Waals surface area contributed by atoms with E-state index in [1.165, 1.54) is 23.7 Å². The maximum atomic E-state index is 12.6. The Balaban J connectivity index is 1.43. The SMILES string of the molecule is Cn1nncc1C(=O)N1CC[C@@H](Oc2cccnc2N2CCCC2)C1. The first-order valence-corrected chi connectivity index (χ1v) is 8.73. The molecule has 8 heteroatoms. The molecule has 1 atom stereocenters. The summed E-state index contributed by atoms with van der Waals surface area (Å²) in [6.45, 7) is 3.29. The van der Waals surface area contributed by atoms with E-state index in [9.17, 15) is 4.79 Å². The molecule has 8 nitrogen and oxygen atoms in total. The number of anilines is 1. The molecule has 2 saturated heterocycles. The highest BCUT2D eigenvalue weighted by atomic mass is 16.5. The fourth-order valence-corrected chi connectivity index (χ4v) is 3.47. The van der Waals surface area contributed by atoms with Crippen molar-refractivity contribution >= 4 is 11.7 Å². The molecule has 0 unspecified atom stereocenters. The summed E-state index contributed by atoms with van der Waals surface area (Å²) in [7, 11) is 1.72. The third kappa shape index (κ3) is 3.16. The van der Waals surface area contributed by atoms with Crippen LogP contribution in [-0.4, -0.2) is 63.1 Å². The summed E-state index contributed by atoms with van der Waals surface area (Å²) in [5.41, 5.74) is 0.500. The Hall–Kier alpha value is -2.64. The Morgan fingerprint density at radius 2 is 2.12 bits per heavy atom. The summed E-state index contributed by atoms with van der Waals surface area (Å²) in [6.07, 6.45) is 6.49. The van der Waals surface area contributed by atoms with Gasteiger partial charge in [0.25, 0.3) is 5.91 Å². The van der Waals surface area contributed by atoms with E-state index in [2.05, 4.69) is 20.2 Å².